The number of nitrogens with zero attached hydrogens (tertiary/aromatic N) is 1. The molecule has 1 aromatic carbocycles. The predicted molar refractivity (Wildman–Crippen MR) is 79.3 cm³/mol. The molecule has 0 radical (unpaired) electrons. The molecular formula is C15H20N2O4. The first kappa shape index (κ1) is 16.7. The van der Waals surface area contributed by atoms with Crippen LogP contribution in [0.25, 0.3) is 0 Å². The number of carbonyl (C=O) groups is 3. The Morgan fingerprint density at radius 1 is 1.29 bits per heavy atom. The fourth-order valence-corrected chi connectivity index (χ4v) is 1.85. The number of carbonyl (C=O) groups excluding carboxylic acids is 2. The number of amides is 2. The Morgan fingerprint density at radius 3 is 2.43 bits per heavy atom. The number of nitrogens with one attached hydrogen (secondary N) is 1. The zero-order chi connectivity index (χ0) is 16.0. The molecule has 2 N–H and O–H groups in total. The minimum atomic E-state index is -0.938. The number of rotatable bonds is 6. The quantitative estimate of drug-likeness (QED) is 0.832. The molecule has 1 aromatic rings. The van der Waals surface area contributed by atoms with Gasteiger partial charge in [-0.05, 0) is 18.6 Å². The van der Waals surface area contributed by atoms with E-state index in [-0.39, 0.29) is 12.5 Å². The molecule has 6 heteroatoms. The van der Waals surface area contributed by atoms with Gasteiger partial charge in [0.15, 0.2) is 0 Å². The van der Waals surface area contributed by atoms with Crippen LogP contribution in [0, 0.1) is 5.92 Å². The number of aliphatic carboxylic acids is 1. The number of hydrogen-bond acceptors (Lipinski definition) is 3. The molecule has 0 fully saturated rings. The van der Waals surface area contributed by atoms with Crippen LogP contribution in [0.15, 0.2) is 24.3 Å². The molecular weight excluding hydrogens is 272 g/mol. The van der Waals surface area contributed by atoms with Crippen molar-refractivity contribution in [2.24, 2.45) is 5.92 Å². The van der Waals surface area contributed by atoms with Gasteiger partial charge in [0, 0.05) is 20.5 Å². The van der Waals surface area contributed by atoms with E-state index in [1.165, 1.54) is 11.8 Å². The van der Waals surface area contributed by atoms with Crippen LogP contribution >= 0.6 is 0 Å². The third kappa shape index (κ3) is 4.30. The van der Waals surface area contributed by atoms with E-state index in [0.29, 0.717) is 17.7 Å². The van der Waals surface area contributed by atoms with Gasteiger partial charge in [-0.15, -0.1) is 0 Å². The highest BCUT2D eigenvalue weighted by atomic mass is 16.4. The van der Waals surface area contributed by atoms with Crippen molar-refractivity contribution in [1.82, 2.24) is 5.32 Å². The van der Waals surface area contributed by atoms with Crippen molar-refractivity contribution in [3.8, 4) is 0 Å². The summed E-state index contributed by atoms with van der Waals surface area (Å²) in [5.74, 6) is -2.13. The lowest BCUT2D eigenvalue weighted by Gasteiger charge is -2.19. The molecule has 1 unspecified atom stereocenters. The second-order valence-electron chi connectivity index (χ2n) is 4.75. The van der Waals surface area contributed by atoms with Crippen LogP contribution in [0.2, 0.25) is 0 Å². The van der Waals surface area contributed by atoms with Gasteiger partial charge in [-0.25, -0.2) is 0 Å². The van der Waals surface area contributed by atoms with Crippen molar-refractivity contribution in [3.05, 3.63) is 29.8 Å². The molecule has 2 amide bonds. The second-order valence-corrected chi connectivity index (χ2v) is 4.75. The highest BCUT2D eigenvalue weighted by Gasteiger charge is 2.19. The minimum absolute atomic E-state index is 0.0583. The third-order valence-corrected chi connectivity index (χ3v) is 3.33. The molecule has 1 rings (SSSR count). The first-order chi connectivity index (χ1) is 9.88. The molecule has 6 nitrogen and oxygen atoms in total. The Balaban J connectivity index is 2.88. The van der Waals surface area contributed by atoms with E-state index in [9.17, 15) is 14.4 Å². The lowest BCUT2D eigenvalue weighted by Crippen LogP contribution is -2.34. The Labute approximate surface area is 123 Å². The van der Waals surface area contributed by atoms with E-state index in [1.54, 1.807) is 38.2 Å². The summed E-state index contributed by atoms with van der Waals surface area (Å²) in [7, 11) is 1.58. The molecule has 21 heavy (non-hydrogen) atoms. The molecule has 1 atom stereocenters. The summed E-state index contributed by atoms with van der Waals surface area (Å²) in [6, 6.07) is 6.70. The Bertz CT molecular complexity index is 542. The van der Waals surface area contributed by atoms with Crippen LogP contribution in [0.3, 0.4) is 0 Å². The fraction of sp³-hybridized carbons (Fsp3) is 0.400. The Morgan fingerprint density at radius 2 is 1.90 bits per heavy atom. The van der Waals surface area contributed by atoms with Crippen LogP contribution < -0.4 is 10.2 Å². The molecule has 0 heterocycles. The first-order valence-corrected chi connectivity index (χ1v) is 6.72. The summed E-state index contributed by atoms with van der Waals surface area (Å²) in [4.78, 5) is 35.9. The molecule has 0 saturated carbocycles. The van der Waals surface area contributed by atoms with Crippen LogP contribution in [-0.4, -0.2) is 36.5 Å². The van der Waals surface area contributed by atoms with Gasteiger partial charge in [0.2, 0.25) is 5.91 Å². The van der Waals surface area contributed by atoms with E-state index >= 15 is 0 Å². The fourth-order valence-electron chi connectivity index (χ4n) is 1.85. The van der Waals surface area contributed by atoms with E-state index in [0.717, 1.165) is 0 Å². The number of carboxylic acids is 1. The Kier molecular flexibility index (Phi) is 5.90. The molecule has 0 spiro atoms. The van der Waals surface area contributed by atoms with Gasteiger partial charge in [0.25, 0.3) is 5.91 Å². The monoisotopic (exact) mass is 292 g/mol. The van der Waals surface area contributed by atoms with E-state index < -0.39 is 17.8 Å². The summed E-state index contributed by atoms with van der Waals surface area (Å²) in [5.41, 5.74) is 0.835. The average molecular weight is 292 g/mol. The number of anilines is 1. The van der Waals surface area contributed by atoms with Crippen molar-refractivity contribution in [3.63, 3.8) is 0 Å². The Hall–Kier alpha value is -2.37. The summed E-state index contributed by atoms with van der Waals surface area (Å²) in [6.07, 6.45) is 0.435. The van der Waals surface area contributed by atoms with Gasteiger partial charge in [-0.2, -0.15) is 0 Å². The van der Waals surface area contributed by atoms with Crippen LogP contribution in [0.1, 0.15) is 30.6 Å². The lowest BCUT2D eigenvalue weighted by molar-refractivity contribution is -0.141. The van der Waals surface area contributed by atoms with Crippen molar-refractivity contribution in [2.45, 2.75) is 20.3 Å². The largest absolute Gasteiger partial charge is 0.481 e. The number of para-hydroxylation sites is 1. The van der Waals surface area contributed by atoms with Crippen molar-refractivity contribution in [1.29, 1.82) is 0 Å². The maximum absolute atomic E-state index is 12.2. The third-order valence-electron chi connectivity index (χ3n) is 3.33. The van der Waals surface area contributed by atoms with Gasteiger partial charge in [-0.3, -0.25) is 14.4 Å². The van der Waals surface area contributed by atoms with Crippen LogP contribution in [-0.2, 0) is 9.59 Å². The zero-order valence-corrected chi connectivity index (χ0v) is 12.4. The molecule has 0 aliphatic carbocycles. The normalized spacial score (nSPS) is 11.6. The SMILES string of the molecule is CCC(CNC(=O)c1ccccc1N(C)C(C)=O)C(=O)O. The smallest absolute Gasteiger partial charge is 0.308 e. The number of hydrogen-bond donors (Lipinski definition) is 2. The van der Waals surface area contributed by atoms with Crippen LogP contribution in [0.5, 0.6) is 0 Å². The standard InChI is InChI=1S/C15H20N2O4/c1-4-11(15(20)21)9-16-14(19)12-7-5-6-8-13(12)17(3)10(2)18/h5-8,11H,4,9H2,1-3H3,(H,16,19)(H,20,21). The molecule has 0 aliphatic heterocycles. The first-order valence-electron chi connectivity index (χ1n) is 6.72. The lowest BCUT2D eigenvalue weighted by atomic mass is 10.1. The highest BCUT2D eigenvalue weighted by Crippen LogP contribution is 2.19. The van der Waals surface area contributed by atoms with Gasteiger partial charge < -0.3 is 15.3 Å². The highest BCUT2D eigenvalue weighted by molar-refractivity contribution is 6.04. The average Bonchev–Trinajstić information content (AvgIpc) is 2.46. The van der Waals surface area contributed by atoms with Crippen LogP contribution in [0.4, 0.5) is 5.69 Å². The molecule has 114 valence electrons. The summed E-state index contributed by atoms with van der Waals surface area (Å²) >= 11 is 0. The molecule has 0 aliphatic rings. The van der Waals surface area contributed by atoms with Gasteiger partial charge in [-0.1, -0.05) is 19.1 Å². The molecule has 0 bridgehead atoms. The maximum atomic E-state index is 12.2. The van der Waals surface area contributed by atoms with Crippen molar-refractivity contribution in [2.75, 3.05) is 18.5 Å². The number of carboxylic acid groups (broad SMARTS) is 1. The van der Waals surface area contributed by atoms with E-state index in [4.69, 9.17) is 5.11 Å². The van der Waals surface area contributed by atoms with E-state index in [1.807, 2.05) is 0 Å². The molecule has 0 aromatic heterocycles. The molecule has 0 saturated heterocycles. The second kappa shape index (κ2) is 7.42. The van der Waals surface area contributed by atoms with Crippen molar-refractivity contribution >= 4 is 23.5 Å². The van der Waals surface area contributed by atoms with E-state index in [2.05, 4.69) is 5.32 Å². The van der Waals surface area contributed by atoms with Gasteiger partial charge in [0.05, 0.1) is 17.2 Å². The zero-order valence-electron chi connectivity index (χ0n) is 12.4. The van der Waals surface area contributed by atoms with Gasteiger partial charge in [0.1, 0.15) is 0 Å². The summed E-state index contributed by atoms with van der Waals surface area (Å²) < 4.78 is 0. The van der Waals surface area contributed by atoms with Crippen molar-refractivity contribution < 1.29 is 19.5 Å². The predicted octanol–water partition coefficient (Wildman–Crippen LogP) is 1.51. The van der Waals surface area contributed by atoms with Gasteiger partial charge >= 0.3 is 5.97 Å². The topological polar surface area (TPSA) is 86.7 Å². The minimum Gasteiger partial charge on any atom is -0.481 e. The summed E-state index contributed by atoms with van der Waals surface area (Å²) in [5, 5.41) is 11.6. The number of benzene rings is 1. The maximum Gasteiger partial charge on any atom is 0.308 e. The summed E-state index contributed by atoms with van der Waals surface area (Å²) in [6.45, 7) is 3.22.